The van der Waals surface area contributed by atoms with Crippen molar-refractivity contribution >= 4 is 17.5 Å². The van der Waals surface area contributed by atoms with E-state index in [1.165, 1.54) is 0 Å². The number of carbonyl (C=O) groups is 1. The van der Waals surface area contributed by atoms with Crippen LogP contribution in [0.5, 0.6) is 5.75 Å². The Kier molecular flexibility index (Phi) is 5.12. The monoisotopic (exact) mass is 310 g/mol. The highest BCUT2D eigenvalue weighted by Gasteiger charge is 2.32. The third-order valence-corrected chi connectivity index (χ3v) is 4.04. The zero-order chi connectivity index (χ0) is 15.5. The second kappa shape index (κ2) is 6.67. The first-order valence-electron chi connectivity index (χ1n) is 7.31. The lowest BCUT2D eigenvalue weighted by molar-refractivity contribution is -0.135. The van der Waals surface area contributed by atoms with Crippen LogP contribution in [0.25, 0.3) is 0 Å². The van der Waals surface area contributed by atoms with Gasteiger partial charge in [0.05, 0.1) is 0 Å². The molecule has 0 aliphatic carbocycles. The number of likely N-dealkylation sites (tertiary alicyclic amines) is 1. The summed E-state index contributed by atoms with van der Waals surface area (Å²) < 4.78 is 5.80. The predicted molar refractivity (Wildman–Crippen MR) is 84.8 cm³/mol. The van der Waals surface area contributed by atoms with E-state index in [0.29, 0.717) is 10.8 Å². The van der Waals surface area contributed by atoms with Crippen LogP contribution in [-0.4, -0.2) is 42.6 Å². The topological polar surface area (TPSA) is 41.6 Å². The fraction of sp³-hybridized carbons (Fsp3) is 0.562. The molecule has 1 fully saturated rings. The zero-order valence-corrected chi connectivity index (χ0v) is 13.6. The molecule has 1 N–H and O–H groups in total. The van der Waals surface area contributed by atoms with Crippen LogP contribution in [0.4, 0.5) is 0 Å². The number of piperidine rings is 1. The van der Waals surface area contributed by atoms with Crippen LogP contribution in [0, 0.1) is 0 Å². The van der Waals surface area contributed by atoms with E-state index in [4.69, 9.17) is 16.3 Å². The molecule has 1 aliphatic heterocycles. The summed E-state index contributed by atoms with van der Waals surface area (Å²) in [5.41, 5.74) is -0.906. The number of halogens is 1. The van der Waals surface area contributed by atoms with E-state index in [9.17, 15) is 4.79 Å². The summed E-state index contributed by atoms with van der Waals surface area (Å²) in [7, 11) is 2.10. The van der Waals surface area contributed by atoms with Crippen LogP contribution in [0.2, 0.25) is 5.02 Å². The van der Waals surface area contributed by atoms with Gasteiger partial charge >= 0.3 is 0 Å². The fourth-order valence-corrected chi connectivity index (χ4v) is 2.48. The molecule has 0 aromatic heterocycles. The highest BCUT2D eigenvalue weighted by molar-refractivity contribution is 6.30. The second-order valence-corrected chi connectivity index (χ2v) is 6.55. The summed E-state index contributed by atoms with van der Waals surface area (Å²) >= 11 is 5.85. The number of benzene rings is 1. The maximum absolute atomic E-state index is 12.4. The highest BCUT2D eigenvalue weighted by Crippen LogP contribution is 2.21. The van der Waals surface area contributed by atoms with Crippen molar-refractivity contribution in [3.8, 4) is 5.75 Å². The van der Waals surface area contributed by atoms with Gasteiger partial charge in [0, 0.05) is 11.1 Å². The first-order valence-corrected chi connectivity index (χ1v) is 7.69. The largest absolute Gasteiger partial charge is 0.478 e. The Morgan fingerprint density at radius 3 is 2.43 bits per heavy atom. The van der Waals surface area contributed by atoms with E-state index in [2.05, 4.69) is 17.3 Å². The Balaban J connectivity index is 1.91. The van der Waals surface area contributed by atoms with Crippen molar-refractivity contribution in [1.82, 2.24) is 10.2 Å². The molecule has 0 atom stereocenters. The van der Waals surface area contributed by atoms with Crippen molar-refractivity contribution in [3.05, 3.63) is 29.3 Å². The van der Waals surface area contributed by atoms with Gasteiger partial charge in [-0.3, -0.25) is 4.79 Å². The molecule has 1 heterocycles. The lowest BCUT2D eigenvalue weighted by Crippen LogP contribution is -2.52. The molecule has 0 unspecified atom stereocenters. The van der Waals surface area contributed by atoms with Crippen LogP contribution in [-0.2, 0) is 4.79 Å². The van der Waals surface area contributed by atoms with Gasteiger partial charge in [0.2, 0.25) is 0 Å². The van der Waals surface area contributed by atoms with Crippen LogP contribution >= 0.6 is 11.6 Å². The minimum absolute atomic E-state index is 0.0768. The van der Waals surface area contributed by atoms with Gasteiger partial charge in [-0.15, -0.1) is 0 Å². The van der Waals surface area contributed by atoms with E-state index in [0.717, 1.165) is 25.9 Å². The average molecular weight is 311 g/mol. The van der Waals surface area contributed by atoms with Gasteiger partial charge in [0.15, 0.2) is 5.60 Å². The van der Waals surface area contributed by atoms with Crippen LogP contribution in [0.15, 0.2) is 24.3 Å². The number of rotatable bonds is 4. The smallest absolute Gasteiger partial charge is 0.263 e. The van der Waals surface area contributed by atoms with E-state index in [1.54, 1.807) is 38.1 Å². The summed E-state index contributed by atoms with van der Waals surface area (Å²) in [5, 5.41) is 3.74. The first-order chi connectivity index (χ1) is 9.87. The Bertz CT molecular complexity index is 480. The Labute approximate surface area is 131 Å². The van der Waals surface area contributed by atoms with Gasteiger partial charge in [-0.05, 0) is 71.1 Å². The standard InChI is InChI=1S/C16H23ClN2O2/c1-16(2,21-14-6-4-12(17)5-7-14)15(20)18-13-8-10-19(3)11-9-13/h4-7,13H,8-11H2,1-3H3,(H,18,20). The Hall–Kier alpha value is -1.26. The first kappa shape index (κ1) is 16.1. The Morgan fingerprint density at radius 1 is 1.29 bits per heavy atom. The summed E-state index contributed by atoms with van der Waals surface area (Å²) in [6.45, 7) is 5.60. The van der Waals surface area contributed by atoms with Crippen molar-refractivity contribution in [2.45, 2.75) is 38.3 Å². The van der Waals surface area contributed by atoms with Crippen LogP contribution < -0.4 is 10.1 Å². The molecular weight excluding hydrogens is 288 g/mol. The van der Waals surface area contributed by atoms with Gasteiger partial charge < -0.3 is 15.0 Å². The third kappa shape index (κ3) is 4.61. The molecule has 5 heteroatoms. The van der Waals surface area contributed by atoms with Gasteiger partial charge in [0.1, 0.15) is 5.75 Å². The van der Waals surface area contributed by atoms with Gasteiger partial charge in [-0.1, -0.05) is 11.6 Å². The van der Waals surface area contributed by atoms with Gasteiger partial charge in [-0.2, -0.15) is 0 Å². The molecule has 2 rings (SSSR count). The van der Waals surface area contributed by atoms with Gasteiger partial charge in [-0.25, -0.2) is 0 Å². The van der Waals surface area contributed by atoms with Gasteiger partial charge in [0.25, 0.3) is 5.91 Å². The van der Waals surface area contributed by atoms with Crippen molar-refractivity contribution in [1.29, 1.82) is 0 Å². The van der Waals surface area contributed by atoms with E-state index in [1.807, 2.05) is 0 Å². The van der Waals surface area contributed by atoms with Crippen molar-refractivity contribution in [2.75, 3.05) is 20.1 Å². The lowest BCUT2D eigenvalue weighted by atomic mass is 10.0. The molecule has 0 bridgehead atoms. The molecular formula is C16H23ClN2O2. The second-order valence-electron chi connectivity index (χ2n) is 6.12. The van der Waals surface area contributed by atoms with Crippen LogP contribution in [0.1, 0.15) is 26.7 Å². The number of ether oxygens (including phenoxy) is 1. The maximum atomic E-state index is 12.4. The predicted octanol–water partition coefficient (Wildman–Crippen LogP) is 2.71. The minimum atomic E-state index is -0.906. The minimum Gasteiger partial charge on any atom is -0.478 e. The molecule has 0 saturated carbocycles. The number of nitrogens with zero attached hydrogens (tertiary/aromatic N) is 1. The SMILES string of the molecule is CN1CCC(NC(=O)C(C)(C)Oc2ccc(Cl)cc2)CC1. The zero-order valence-electron chi connectivity index (χ0n) is 12.9. The van der Waals surface area contributed by atoms with E-state index >= 15 is 0 Å². The normalized spacial score (nSPS) is 17.5. The molecule has 4 nitrogen and oxygen atoms in total. The molecule has 21 heavy (non-hydrogen) atoms. The van der Waals surface area contributed by atoms with Crippen LogP contribution in [0.3, 0.4) is 0 Å². The Morgan fingerprint density at radius 2 is 1.86 bits per heavy atom. The molecule has 1 aromatic rings. The average Bonchev–Trinajstić information content (AvgIpc) is 2.43. The fourth-order valence-electron chi connectivity index (χ4n) is 2.36. The lowest BCUT2D eigenvalue weighted by Gasteiger charge is -2.32. The van der Waals surface area contributed by atoms with Crippen molar-refractivity contribution in [2.24, 2.45) is 0 Å². The molecule has 1 aromatic carbocycles. The quantitative estimate of drug-likeness (QED) is 0.929. The summed E-state index contributed by atoms with van der Waals surface area (Å²) in [6, 6.07) is 7.28. The van der Waals surface area contributed by atoms with Crippen molar-refractivity contribution < 1.29 is 9.53 Å². The molecule has 1 saturated heterocycles. The van der Waals surface area contributed by atoms with Crippen molar-refractivity contribution in [3.63, 3.8) is 0 Å². The summed E-state index contributed by atoms with van der Waals surface area (Å²) in [6.07, 6.45) is 1.97. The molecule has 0 spiro atoms. The third-order valence-electron chi connectivity index (χ3n) is 3.79. The molecule has 1 amide bonds. The van der Waals surface area contributed by atoms with E-state index in [-0.39, 0.29) is 11.9 Å². The maximum Gasteiger partial charge on any atom is 0.263 e. The molecule has 0 radical (unpaired) electrons. The molecule has 116 valence electrons. The molecule has 1 aliphatic rings. The number of hydrogen-bond acceptors (Lipinski definition) is 3. The number of hydrogen-bond donors (Lipinski definition) is 1. The number of nitrogens with one attached hydrogen (secondary N) is 1. The summed E-state index contributed by atoms with van der Waals surface area (Å²) in [4.78, 5) is 14.7. The highest BCUT2D eigenvalue weighted by atomic mass is 35.5. The number of carbonyl (C=O) groups excluding carboxylic acids is 1. The van der Waals surface area contributed by atoms with E-state index < -0.39 is 5.60 Å². The summed E-state index contributed by atoms with van der Waals surface area (Å²) in [5.74, 6) is 0.565. The number of amides is 1.